The summed E-state index contributed by atoms with van der Waals surface area (Å²) >= 11 is 1.87. The Bertz CT molecular complexity index is 2200. The van der Waals surface area contributed by atoms with Gasteiger partial charge in [-0.05, 0) is 58.5 Å². The Morgan fingerprint density at radius 2 is 1.02 bits per heavy atom. The van der Waals surface area contributed by atoms with Gasteiger partial charge in [-0.2, -0.15) is 0 Å². The van der Waals surface area contributed by atoms with Crippen molar-refractivity contribution in [1.29, 1.82) is 0 Å². The van der Waals surface area contributed by atoms with Gasteiger partial charge in [0, 0.05) is 36.8 Å². The number of para-hydroxylation sites is 1. The van der Waals surface area contributed by atoms with Crippen LogP contribution in [0.15, 0.2) is 164 Å². The molecule has 0 unspecified atom stereocenters. The lowest BCUT2D eigenvalue weighted by atomic mass is 9.96. The lowest BCUT2D eigenvalue weighted by Crippen LogP contribution is -2.12. The fourth-order valence-electron chi connectivity index (χ4n) is 6.16. The molecule has 8 rings (SSSR count). The molecule has 1 aromatic heterocycles. The smallest absolute Gasteiger partial charge is 0.0540 e. The molecule has 7 aromatic carbocycles. The van der Waals surface area contributed by atoms with Crippen molar-refractivity contribution in [3.8, 4) is 22.3 Å². The van der Waals surface area contributed by atoms with Crippen LogP contribution in [0, 0.1) is 0 Å². The molecule has 0 aliphatic heterocycles. The van der Waals surface area contributed by atoms with Crippen LogP contribution >= 0.6 is 11.3 Å². The Labute approximate surface area is 249 Å². The van der Waals surface area contributed by atoms with E-state index in [2.05, 4.69) is 169 Å². The number of benzene rings is 7. The lowest BCUT2D eigenvalue weighted by molar-refractivity contribution is 1.30. The summed E-state index contributed by atoms with van der Waals surface area (Å²) in [6.07, 6.45) is 0. The third-order valence-electron chi connectivity index (χ3n) is 8.06. The predicted molar refractivity (Wildman–Crippen MR) is 182 cm³/mol. The number of fused-ring (bicyclic) bond motifs is 4. The van der Waals surface area contributed by atoms with E-state index in [-0.39, 0.29) is 0 Å². The highest BCUT2D eigenvalue weighted by molar-refractivity contribution is 7.25. The molecule has 0 saturated carbocycles. The molecule has 2 heteroatoms. The van der Waals surface area contributed by atoms with Gasteiger partial charge in [-0.1, -0.05) is 127 Å². The summed E-state index contributed by atoms with van der Waals surface area (Å²) in [5.41, 5.74) is 8.31. The highest BCUT2D eigenvalue weighted by Crippen LogP contribution is 2.47. The molecule has 0 amide bonds. The van der Waals surface area contributed by atoms with Crippen LogP contribution in [0.2, 0.25) is 0 Å². The molecular weight excluding hydrogens is 527 g/mol. The van der Waals surface area contributed by atoms with Gasteiger partial charge in [0.2, 0.25) is 0 Å². The number of rotatable bonds is 5. The second-order valence-corrected chi connectivity index (χ2v) is 11.6. The first-order valence-corrected chi connectivity index (χ1v) is 15.1. The van der Waals surface area contributed by atoms with Gasteiger partial charge in [-0.25, -0.2) is 0 Å². The van der Waals surface area contributed by atoms with Crippen molar-refractivity contribution in [3.05, 3.63) is 164 Å². The Kier molecular flexibility index (Phi) is 6.05. The summed E-state index contributed by atoms with van der Waals surface area (Å²) in [6.45, 7) is 0. The Morgan fingerprint density at radius 3 is 1.95 bits per heavy atom. The van der Waals surface area contributed by atoms with Gasteiger partial charge >= 0.3 is 0 Å². The summed E-state index contributed by atoms with van der Waals surface area (Å²) in [5.74, 6) is 0. The van der Waals surface area contributed by atoms with E-state index in [1.165, 1.54) is 53.2 Å². The maximum Gasteiger partial charge on any atom is 0.0540 e. The average molecular weight is 554 g/mol. The van der Waals surface area contributed by atoms with Crippen LogP contribution in [0.1, 0.15) is 0 Å². The zero-order valence-electron chi connectivity index (χ0n) is 22.9. The Morgan fingerprint density at radius 1 is 0.405 bits per heavy atom. The molecule has 1 heterocycles. The Balaban J connectivity index is 1.42. The van der Waals surface area contributed by atoms with E-state index >= 15 is 0 Å². The molecule has 42 heavy (non-hydrogen) atoms. The standard InChI is InChI=1S/C40H27NS/c1-2-13-28(14-3-1)30-17-10-18-31(27-30)41(36-24-11-16-29-15-4-5-19-32(29)36)37-23-8-6-20-33(37)34-22-12-26-39-40(34)35-21-7-9-25-38(35)42-39/h1-27H. The third kappa shape index (κ3) is 4.16. The van der Waals surface area contributed by atoms with Crippen LogP contribution in [0.25, 0.3) is 53.2 Å². The first-order chi connectivity index (χ1) is 20.8. The molecule has 0 spiro atoms. The molecular formula is C40H27NS. The van der Waals surface area contributed by atoms with Crippen LogP contribution in [0.3, 0.4) is 0 Å². The highest BCUT2D eigenvalue weighted by atomic mass is 32.1. The van der Waals surface area contributed by atoms with E-state index in [0.29, 0.717) is 0 Å². The summed E-state index contributed by atoms with van der Waals surface area (Å²) in [7, 11) is 0. The van der Waals surface area contributed by atoms with Gasteiger partial charge < -0.3 is 4.90 Å². The molecule has 0 aliphatic carbocycles. The molecule has 198 valence electrons. The highest BCUT2D eigenvalue weighted by Gasteiger charge is 2.21. The second-order valence-electron chi connectivity index (χ2n) is 10.5. The van der Waals surface area contributed by atoms with Gasteiger partial charge in [0.1, 0.15) is 0 Å². The molecule has 0 radical (unpaired) electrons. The van der Waals surface area contributed by atoms with E-state index < -0.39 is 0 Å². The lowest BCUT2D eigenvalue weighted by Gasteiger charge is -2.29. The van der Waals surface area contributed by atoms with Crippen molar-refractivity contribution in [2.75, 3.05) is 4.90 Å². The number of nitrogens with zero attached hydrogens (tertiary/aromatic N) is 1. The van der Waals surface area contributed by atoms with Crippen LogP contribution < -0.4 is 4.90 Å². The fraction of sp³-hybridized carbons (Fsp3) is 0. The van der Waals surface area contributed by atoms with Crippen molar-refractivity contribution < 1.29 is 0 Å². The van der Waals surface area contributed by atoms with Gasteiger partial charge in [-0.15, -0.1) is 11.3 Å². The zero-order valence-corrected chi connectivity index (χ0v) is 23.8. The minimum Gasteiger partial charge on any atom is -0.309 e. The van der Waals surface area contributed by atoms with E-state index in [1.807, 2.05) is 11.3 Å². The van der Waals surface area contributed by atoms with E-state index in [4.69, 9.17) is 0 Å². The average Bonchev–Trinajstić information content (AvgIpc) is 3.45. The number of anilines is 3. The molecule has 8 aromatic rings. The van der Waals surface area contributed by atoms with Crippen LogP contribution in [-0.2, 0) is 0 Å². The maximum absolute atomic E-state index is 2.44. The fourth-order valence-corrected chi connectivity index (χ4v) is 7.29. The third-order valence-corrected chi connectivity index (χ3v) is 9.19. The van der Waals surface area contributed by atoms with Crippen molar-refractivity contribution in [3.63, 3.8) is 0 Å². The number of hydrogen-bond acceptors (Lipinski definition) is 2. The van der Waals surface area contributed by atoms with Crippen molar-refractivity contribution in [2.24, 2.45) is 0 Å². The van der Waals surface area contributed by atoms with Gasteiger partial charge in [0.05, 0.1) is 11.4 Å². The summed E-state index contributed by atoms with van der Waals surface area (Å²) < 4.78 is 2.63. The van der Waals surface area contributed by atoms with E-state index in [9.17, 15) is 0 Å². The first-order valence-electron chi connectivity index (χ1n) is 14.3. The van der Waals surface area contributed by atoms with E-state index in [1.54, 1.807) is 0 Å². The summed E-state index contributed by atoms with van der Waals surface area (Å²) in [6, 6.07) is 59.2. The molecule has 0 fully saturated rings. The molecule has 0 aliphatic rings. The molecule has 0 saturated heterocycles. The maximum atomic E-state index is 2.44. The molecule has 0 atom stereocenters. The molecule has 0 bridgehead atoms. The van der Waals surface area contributed by atoms with Gasteiger partial charge in [-0.3, -0.25) is 0 Å². The number of thiophene rings is 1. The normalized spacial score (nSPS) is 11.3. The minimum atomic E-state index is 1.13. The molecule has 0 N–H and O–H groups in total. The summed E-state index contributed by atoms with van der Waals surface area (Å²) in [4.78, 5) is 2.44. The monoisotopic (exact) mass is 553 g/mol. The topological polar surface area (TPSA) is 3.24 Å². The van der Waals surface area contributed by atoms with Crippen LogP contribution in [0.4, 0.5) is 17.1 Å². The van der Waals surface area contributed by atoms with Crippen LogP contribution in [-0.4, -0.2) is 0 Å². The first kappa shape index (κ1) is 24.6. The van der Waals surface area contributed by atoms with Crippen molar-refractivity contribution in [2.45, 2.75) is 0 Å². The quantitative estimate of drug-likeness (QED) is 0.205. The van der Waals surface area contributed by atoms with E-state index in [0.717, 1.165) is 17.1 Å². The van der Waals surface area contributed by atoms with Gasteiger partial charge in [0.15, 0.2) is 0 Å². The summed E-state index contributed by atoms with van der Waals surface area (Å²) in [5, 5.41) is 5.08. The number of hydrogen-bond donors (Lipinski definition) is 0. The molecule has 1 nitrogen and oxygen atoms in total. The predicted octanol–water partition coefficient (Wildman–Crippen LogP) is 12.0. The second kappa shape index (κ2) is 10.3. The minimum absolute atomic E-state index is 1.13. The largest absolute Gasteiger partial charge is 0.309 e. The van der Waals surface area contributed by atoms with Crippen molar-refractivity contribution >= 4 is 59.3 Å². The van der Waals surface area contributed by atoms with Crippen LogP contribution in [0.5, 0.6) is 0 Å². The Hall–Kier alpha value is -5.18. The zero-order chi connectivity index (χ0) is 27.9. The van der Waals surface area contributed by atoms with Gasteiger partial charge in [0.25, 0.3) is 0 Å². The van der Waals surface area contributed by atoms with Crippen molar-refractivity contribution in [1.82, 2.24) is 0 Å². The SMILES string of the molecule is c1ccc(-c2cccc(N(c3ccccc3-c3cccc4sc5ccccc5c34)c3cccc4ccccc34)c2)cc1.